The second-order valence-corrected chi connectivity index (χ2v) is 7.44. The molecule has 130 valence electrons. The summed E-state index contributed by atoms with van der Waals surface area (Å²) in [5, 5.41) is -0.0920. The Kier molecular flexibility index (Phi) is 4.86. The molecule has 1 unspecified atom stereocenters. The first-order valence-corrected chi connectivity index (χ1v) is 8.82. The summed E-state index contributed by atoms with van der Waals surface area (Å²) in [5.41, 5.74) is 2.85. The molecule has 0 fully saturated rings. The first-order valence-electron chi connectivity index (χ1n) is 7.10. The van der Waals surface area contributed by atoms with Crippen LogP contribution in [0.4, 0.5) is 4.39 Å². The van der Waals surface area contributed by atoms with Crippen LogP contribution in [0, 0.1) is 5.82 Å². The largest absolute Gasteiger partial charge is 0.468 e. The molecule has 2 aromatic rings. The molecule has 9 heteroatoms. The molecule has 0 radical (unpaired) electrons. The Hall–Kier alpha value is -1.90. The quantitative estimate of drug-likeness (QED) is 0.413. The lowest BCUT2D eigenvalue weighted by atomic mass is 10.4. The van der Waals surface area contributed by atoms with Gasteiger partial charge in [0.25, 0.3) is 0 Å². The fourth-order valence-electron chi connectivity index (χ4n) is 2.26. The number of esters is 1. The normalized spacial score (nSPS) is 12.4. The maximum Gasteiger partial charge on any atom is 0.318 e. The zero-order chi connectivity index (χ0) is 18.3. The van der Waals surface area contributed by atoms with Crippen molar-refractivity contribution >= 4 is 51.8 Å². The number of ether oxygens (including phenoxy) is 1. The molecule has 0 amide bonds. The number of methoxy groups -OCH3 is 1. The van der Waals surface area contributed by atoms with Gasteiger partial charge in [-0.3, -0.25) is 9.59 Å². The van der Waals surface area contributed by atoms with E-state index in [1.807, 2.05) is 12.1 Å². The van der Waals surface area contributed by atoms with Gasteiger partial charge in [0.1, 0.15) is 0 Å². The molecule has 2 aliphatic rings. The van der Waals surface area contributed by atoms with Gasteiger partial charge in [-0.15, -0.1) is 0 Å². The highest BCUT2D eigenvalue weighted by Crippen LogP contribution is 2.44. The van der Waals surface area contributed by atoms with Crippen molar-refractivity contribution in [3.63, 3.8) is 0 Å². The van der Waals surface area contributed by atoms with Gasteiger partial charge in [0.2, 0.25) is 0 Å². The van der Waals surface area contributed by atoms with Crippen LogP contribution in [0.25, 0.3) is 27.2 Å². The van der Waals surface area contributed by atoms with Crippen molar-refractivity contribution < 1.29 is 13.9 Å². The van der Waals surface area contributed by atoms with Gasteiger partial charge in [-0.2, -0.15) is 12.6 Å². The molecule has 25 heavy (non-hydrogen) atoms. The lowest BCUT2D eigenvalue weighted by Crippen LogP contribution is -2.13. The molecule has 0 spiro atoms. The molecule has 0 aliphatic heterocycles. The van der Waals surface area contributed by atoms with Crippen LogP contribution in [0.15, 0.2) is 29.2 Å². The molecule has 0 N–H and O–H groups in total. The summed E-state index contributed by atoms with van der Waals surface area (Å²) in [4.78, 5) is 25.8. The number of benzene rings is 1. The lowest BCUT2D eigenvalue weighted by Gasteiger charge is -2.03. The number of carbonyl (C=O) groups is 1. The van der Waals surface area contributed by atoms with E-state index in [0.29, 0.717) is 0 Å². The van der Waals surface area contributed by atoms with E-state index in [4.69, 9.17) is 11.6 Å². The van der Waals surface area contributed by atoms with Gasteiger partial charge < -0.3 is 4.74 Å². The number of thiazole rings is 1. The Morgan fingerprint density at radius 2 is 2.16 bits per heavy atom. The van der Waals surface area contributed by atoms with Crippen molar-refractivity contribution in [3.8, 4) is 16.9 Å². The van der Waals surface area contributed by atoms with E-state index in [-0.39, 0.29) is 26.9 Å². The molecule has 5 nitrogen and oxygen atoms in total. The Bertz CT molecular complexity index is 1050. The van der Waals surface area contributed by atoms with E-state index >= 15 is 0 Å². The molecule has 2 heterocycles. The Morgan fingerprint density at radius 1 is 1.44 bits per heavy atom. The Balaban J connectivity index is 0.000000225. The van der Waals surface area contributed by atoms with Crippen LogP contribution in [0.5, 0.6) is 0 Å². The molecule has 0 saturated carbocycles. The highest BCUT2D eigenvalue weighted by Gasteiger charge is 2.25. The first kappa shape index (κ1) is 17.9. The minimum atomic E-state index is -0.597. The number of carbonyl (C=O) groups excluding carboxylic acids is 1. The topological polar surface area (TPSA) is 61.2 Å². The second-order valence-electron chi connectivity index (χ2n) is 5.23. The molecule has 2 aromatic heterocycles. The minimum Gasteiger partial charge on any atom is -0.468 e. The van der Waals surface area contributed by atoms with Crippen molar-refractivity contribution in [3.05, 3.63) is 44.9 Å². The van der Waals surface area contributed by atoms with E-state index in [1.165, 1.54) is 17.9 Å². The maximum absolute atomic E-state index is 13.9. The third-order valence-electron chi connectivity index (χ3n) is 3.45. The van der Waals surface area contributed by atoms with Crippen LogP contribution in [0.2, 0.25) is 5.02 Å². The van der Waals surface area contributed by atoms with Crippen molar-refractivity contribution in [2.75, 3.05) is 7.11 Å². The van der Waals surface area contributed by atoms with Gasteiger partial charge in [0.05, 0.1) is 27.6 Å². The van der Waals surface area contributed by atoms with Crippen LogP contribution in [-0.2, 0) is 9.53 Å². The lowest BCUT2D eigenvalue weighted by molar-refractivity contribution is -0.139. The van der Waals surface area contributed by atoms with E-state index in [1.54, 1.807) is 6.92 Å². The zero-order valence-corrected chi connectivity index (χ0v) is 15.6. The molecule has 0 saturated heterocycles. The monoisotopic (exact) mass is 398 g/mol. The average molecular weight is 399 g/mol. The van der Waals surface area contributed by atoms with Crippen molar-refractivity contribution in [1.82, 2.24) is 9.55 Å². The average Bonchev–Trinajstić information content (AvgIpc) is 3.11. The summed E-state index contributed by atoms with van der Waals surface area (Å²) < 4.78 is 20.3. The molecule has 1 atom stereocenters. The number of fused-ring (bicyclic) bond motifs is 3. The number of pyridine rings is 1. The molecule has 2 aliphatic carbocycles. The fourth-order valence-corrected chi connectivity index (χ4v) is 3.45. The van der Waals surface area contributed by atoms with Crippen LogP contribution >= 0.6 is 35.6 Å². The molecule has 4 rings (SSSR count). The predicted octanol–water partition coefficient (Wildman–Crippen LogP) is 3.70. The van der Waals surface area contributed by atoms with Gasteiger partial charge in [-0.1, -0.05) is 22.9 Å². The summed E-state index contributed by atoms with van der Waals surface area (Å²) in [6, 6.07) is 5.05. The summed E-state index contributed by atoms with van der Waals surface area (Å²) in [6.45, 7) is 1.66. The van der Waals surface area contributed by atoms with E-state index in [2.05, 4.69) is 22.3 Å². The molecular weight excluding hydrogens is 387 g/mol. The summed E-state index contributed by atoms with van der Waals surface area (Å²) in [5.74, 6) is -0.882. The third-order valence-corrected chi connectivity index (χ3v) is 4.75. The maximum atomic E-state index is 13.9. The van der Waals surface area contributed by atoms with Crippen molar-refractivity contribution in [2.45, 2.75) is 12.2 Å². The Labute approximate surface area is 156 Å². The molecular formula is C16H12ClFN2O3S2. The summed E-state index contributed by atoms with van der Waals surface area (Å²) >= 11 is 10.6. The highest BCUT2D eigenvalue weighted by atomic mass is 35.5. The van der Waals surface area contributed by atoms with Crippen LogP contribution in [-0.4, -0.2) is 27.9 Å². The van der Waals surface area contributed by atoms with E-state index < -0.39 is 5.82 Å². The van der Waals surface area contributed by atoms with Crippen LogP contribution in [0.1, 0.15) is 6.92 Å². The van der Waals surface area contributed by atoms with Crippen molar-refractivity contribution in [2.24, 2.45) is 0 Å². The number of aromatic nitrogens is 2. The Morgan fingerprint density at radius 3 is 2.72 bits per heavy atom. The number of rotatable bonds is 2. The van der Waals surface area contributed by atoms with E-state index in [9.17, 15) is 14.0 Å². The predicted molar refractivity (Wildman–Crippen MR) is 99.6 cm³/mol. The molecule has 0 bridgehead atoms. The third kappa shape index (κ3) is 3.42. The fraction of sp³-hybridized carbons (Fsp3) is 0.188. The zero-order valence-electron chi connectivity index (χ0n) is 13.1. The summed E-state index contributed by atoms with van der Waals surface area (Å²) in [7, 11) is 1.34. The highest BCUT2D eigenvalue weighted by molar-refractivity contribution is 7.81. The summed E-state index contributed by atoms with van der Waals surface area (Å²) in [6.07, 6.45) is 1.33. The standard InChI is InChI=1S/C12H4ClFN2OS.C4H8O2S/c13-6-3-8(14)11(15-4-6)16-10-7-1-5(7)2-9(10)18-12(16)17;1-3(7)4(5)6-2/h1-4H;3,7H,1-2H3. The number of halogens is 2. The number of thiol groups is 1. The molecule has 0 aromatic carbocycles. The van der Waals surface area contributed by atoms with Crippen LogP contribution in [0.3, 0.4) is 0 Å². The van der Waals surface area contributed by atoms with Gasteiger partial charge in [-0.05, 0) is 30.7 Å². The number of hydrogen-bond donors (Lipinski definition) is 1. The van der Waals surface area contributed by atoms with Gasteiger partial charge in [-0.25, -0.2) is 13.9 Å². The van der Waals surface area contributed by atoms with Gasteiger partial charge in [0.15, 0.2) is 11.6 Å². The first-order chi connectivity index (χ1) is 11.8. The van der Waals surface area contributed by atoms with E-state index in [0.717, 1.165) is 38.7 Å². The minimum absolute atomic E-state index is 0.00403. The number of nitrogens with zero attached hydrogens (tertiary/aromatic N) is 2. The smallest absolute Gasteiger partial charge is 0.318 e. The van der Waals surface area contributed by atoms with Crippen molar-refractivity contribution in [1.29, 1.82) is 0 Å². The second kappa shape index (κ2) is 6.78. The van der Waals surface area contributed by atoms with Gasteiger partial charge in [0, 0.05) is 11.8 Å². The van der Waals surface area contributed by atoms with Gasteiger partial charge >= 0.3 is 10.8 Å². The number of hydrogen-bond acceptors (Lipinski definition) is 6. The van der Waals surface area contributed by atoms with Crippen LogP contribution < -0.4 is 4.87 Å². The SMILES string of the molecule is COC(=O)C(C)S.O=c1sc2cc3cc-3c2n1-c1ncc(Cl)cc1F.